The fourth-order valence-corrected chi connectivity index (χ4v) is 0.916. The Kier molecular flexibility index (Phi) is 3.89. The van der Waals surface area contributed by atoms with Gasteiger partial charge in [-0.25, -0.2) is 4.98 Å². The van der Waals surface area contributed by atoms with Gasteiger partial charge in [0.15, 0.2) is 0 Å². The molecule has 0 saturated heterocycles. The minimum absolute atomic E-state index is 0.414. The molecule has 1 aromatic heterocycles. The smallest absolute Gasteiger partial charge is 0.231 e. The largest absolute Gasteiger partial charge is 0.475 e. The second-order valence-electron chi connectivity index (χ2n) is 3.12. The van der Waals surface area contributed by atoms with E-state index >= 15 is 0 Å². The SMILES string of the molecule is CN(C)CCOc1ncccc1C#N. The Balaban J connectivity index is 2.54. The molecule has 0 aliphatic rings. The summed E-state index contributed by atoms with van der Waals surface area (Å²) < 4.78 is 5.36. The second kappa shape index (κ2) is 5.20. The third kappa shape index (κ3) is 3.04. The molecule has 0 bridgehead atoms. The lowest BCUT2D eigenvalue weighted by molar-refractivity contribution is 0.253. The molecule has 0 amide bonds. The first-order chi connectivity index (χ1) is 6.74. The summed E-state index contributed by atoms with van der Waals surface area (Å²) in [6.07, 6.45) is 1.62. The molecule has 0 aliphatic heterocycles. The van der Waals surface area contributed by atoms with Gasteiger partial charge in [-0.1, -0.05) is 0 Å². The van der Waals surface area contributed by atoms with Crippen molar-refractivity contribution in [2.75, 3.05) is 27.2 Å². The normalized spacial score (nSPS) is 9.86. The van der Waals surface area contributed by atoms with Crippen LogP contribution in [0.3, 0.4) is 0 Å². The Morgan fingerprint density at radius 1 is 1.57 bits per heavy atom. The molecule has 4 nitrogen and oxygen atoms in total. The van der Waals surface area contributed by atoms with Crippen molar-refractivity contribution in [3.63, 3.8) is 0 Å². The molecular weight excluding hydrogens is 178 g/mol. The molecule has 0 atom stereocenters. The van der Waals surface area contributed by atoms with E-state index in [9.17, 15) is 0 Å². The molecule has 0 aromatic carbocycles. The molecule has 1 heterocycles. The van der Waals surface area contributed by atoms with Gasteiger partial charge < -0.3 is 9.64 Å². The van der Waals surface area contributed by atoms with Gasteiger partial charge in [0, 0.05) is 12.7 Å². The predicted molar refractivity (Wildman–Crippen MR) is 53.0 cm³/mol. The number of likely N-dealkylation sites (N-methyl/N-ethyl adjacent to an activating group) is 1. The molecule has 0 aliphatic carbocycles. The Bertz CT molecular complexity index is 330. The summed E-state index contributed by atoms with van der Waals surface area (Å²) in [6.45, 7) is 1.35. The van der Waals surface area contributed by atoms with E-state index in [4.69, 9.17) is 10.00 Å². The molecule has 74 valence electrons. The van der Waals surface area contributed by atoms with Crippen LogP contribution in [-0.4, -0.2) is 37.1 Å². The van der Waals surface area contributed by atoms with E-state index in [0.717, 1.165) is 6.54 Å². The van der Waals surface area contributed by atoms with Crippen molar-refractivity contribution >= 4 is 0 Å². The number of aromatic nitrogens is 1. The van der Waals surface area contributed by atoms with Gasteiger partial charge in [0.2, 0.25) is 5.88 Å². The molecule has 1 rings (SSSR count). The molecule has 4 heteroatoms. The highest BCUT2D eigenvalue weighted by molar-refractivity contribution is 5.36. The first-order valence-electron chi connectivity index (χ1n) is 4.36. The van der Waals surface area contributed by atoms with E-state index in [1.54, 1.807) is 18.3 Å². The number of nitrogens with zero attached hydrogens (tertiary/aromatic N) is 3. The summed E-state index contributed by atoms with van der Waals surface area (Å²) in [5.41, 5.74) is 0.478. The number of hydrogen-bond donors (Lipinski definition) is 0. The van der Waals surface area contributed by atoms with Gasteiger partial charge in [-0.05, 0) is 26.2 Å². The van der Waals surface area contributed by atoms with Gasteiger partial charge in [-0.15, -0.1) is 0 Å². The first-order valence-corrected chi connectivity index (χ1v) is 4.36. The van der Waals surface area contributed by atoms with E-state index in [0.29, 0.717) is 18.1 Å². The number of pyridine rings is 1. The van der Waals surface area contributed by atoms with Crippen LogP contribution in [0.2, 0.25) is 0 Å². The van der Waals surface area contributed by atoms with Crippen LogP contribution in [-0.2, 0) is 0 Å². The van der Waals surface area contributed by atoms with Crippen LogP contribution in [0.5, 0.6) is 5.88 Å². The topological polar surface area (TPSA) is 49.1 Å². The summed E-state index contributed by atoms with van der Waals surface area (Å²) >= 11 is 0. The minimum atomic E-state index is 0.414. The monoisotopic (exact) mass is 191 g/mol. The Morgan fingerprint density at radius 2 is 2.36 bits per heavy atom. The minimum Gasteiger partial charge on any atom is -0.475 e. The molecule has 0 fully saturated rings. The number of nitriles is 1. The predicted octanol–water partition coefficient (Wildman–Crippen LogP) is 0.894. The highest BCUT2D eigenvalue weighted by Gasteiger charge is 2.02. The molecule has 0 unspecified atom stereocenters. The van der Waals surface area contributed by atoms with Gasteiger partial charge in [0.1, 0.15) is 18.2 Å². The van der Waals surface area contributed by atoms with E-state index in [2.05, 4.69) is 4.98 Å². The van der Waals surface area contributed by atoms with Gasteiger partial charge in [0.05, 0.1) is 0 Å². The molecular formula is C10H13N3O. The maximum Gasteiger partial charge on any atom is 0.231 e. The van der Waals surface area contributed by atoms with Crippen LogP contribution in [0.15, 0.2) is 18.3 Å². The third-order valence-corrected chi connectivity index (χ3v) is 1.67. The zero-order chi connectivity index (χ0) is 10.4. The third-order valence-electron chi connectivity index (χ3n) is 1.67. The molecule has 1 aromatic rings. The molecule has 14 heavy (non-hydrogen) atoms. The fourth-order valence-electron chi connectivity index (χ4n) is 0.916. The van der Waals surface area contributed by atoms with E-state index in [1.807, 2.05) is 25.1 Å². The zero-order valence-electron chi connectivity index (χ0n) is 8.40. The number of rotatable bonds is 4. The van der Waals surface area contributed by atoms with Crippen molar-refractivity contribution in [3.05, 3.63) is 23.9 Å². The van der Waals surface area contributed by atoms with E-state index < -0.39 is 0 Å². The number of hydrogen-bond acceptors (Lipinski definition) is 4. The molecule has 0 saturated carbocycles. The van der Waals surface area contributed by atoms with Gasteiger partial charge in [-0.2, -0.15) is 5.26 Å². The van der Waals surface area contributed by atoms with Crippen molar-refractivity contribution in [3.8, 4) is 11.9 Å². The van der Waals surface area contributed by atoms with E-state index in [1.165, 1.54) is 0 Å². The lowest BCUT2D eigenvalue weighted by Gasteiger charge is -2.10. The lowest BCUT2D eigenvalue weighted by Crippen LogP contribution is -2.19. The van der Waals surface area contributed by atoms with Crippen molar-refractivity contribution in [1.29, 1.82) is 5.26 Å². The van der Waals surface area contributed by atoms with Crippen molar-refractivity contribution in [2.45, 2.75) is 0 Å². The van der Waals surface area contributed by atoms with Crippen LogP contribution < -0.4 is 4.74 Å². The quantitative estimate of drug-likeness (QED) is 0.709. The first kappa shape index (κ1) is 10.5. The highest BCUT2D eigenvalue weighted by Crippen LogP contribution is 2.11. The van der Waals surface area contributed by atoms with Crippen molar-refractivity contribution < 1.29 is 4.74 Å². The highest BCUT2D eigenvalue weighted by atomic mass is 16.5. The van der Waals surface area contributed by atoms with Crippen molar-refractivity contribution in [2.24, 2.45) is 0 Å². The Morgan fingerprint density at radius 3 is 3.00 bits per heavy atom. The molecule has 0 N–H and O–H groups in total. The van der Waals surface area contributed by atoms with Gasteiger partial charge in [0.25, 0.3) is 0 Å². The maximum absolute atomic E-state index is 8.75. The molecule has 0 radical (unpaired) electrons. The standard InChI is InChI=1S/C10H13N3O/c1-13(2)6-7-14-10-9(8-11)4-3-5-12-10/h3-5H,6-7H2,1-2H3. The van der Waals surface area contributed by atoms with Gasteiger partial charge in [-0.3, -0.25) is 0 Å². The summed E-state index contributed by atoms with van der Waals surface area (Å²) in [6, 6.07) is 5.44. The van der Waals surface area contributed by atoms with Crippen molar-refractivity contribution in [1.82, 2.24) is 9.88 Å². The fraction of sp³-hybridized carbons (Fsp3) is 0.400. The lowest BCUT2D eigenvalue weighted by atomic mass is 10.3. The van der Waals surface area contributed by atoms with E-state index in [-0.39, 0.29) is 0 Å². The zero-order valence-corrected chi connectivity index (χ0v) is 8.40. The summed E-state index contributed by atoms with van der Waals surface area (Å²) in [4.78, 5) is 5.99. The Hall–Kier alpha value is -1.60. The van der Waals surface area contributed by atoms with Crippen LogP contribution in [0, 0.1) is 11.3 Å². The Labute approximate surface area is 83.7 Å². The average molecular weight is 191 g/mol. The maximum atomic E-state index is 8.75. The number of ether oxygens (including phenoxy) is 1. The van der Waals surface area contributed by atoms with Gasteiger partial charge >= 0.3 is 0 Å². The van der Waals surface area contributed by atoms with Crippen LogP contribution in [0.25, 0.3) is 0 Å². The van der Waals surface area contributed by atoms with Crippen LogP contribution >= 0.6 is 0 Å². The summed E-state index contributed by atoms with van der Waals surface area (Å²) in [5, 5.41) is 8.75. The summed E-state index contributed by atoms with van der Waals surface area (Å²) in [7, 11) is 3.93. The summed E-state index contributed by atoms with van der Waals surface area (Å²) in [5.74, 6) is 0.414. The second-order valence-corrected chi connectivity index (χ2v) is 3.12. The van der Waals surface area contributed by atoms with Crippen LogP contribution in [0.1, 0.15) is 5.56 Å². The molecule has 0 spiro atoms. The average Bonchev–Trinajstić information content (AvgIpc) is 2.18. The van der Waals surface area contributed by atoms with Crippen LogP contribution in [0.4, 0.5) is 0 Å².